The molecule has 96 valence electrons. The highest BCUT2D eigenvalue weighted by molar-refractivity contribution is 6.04. The average Bonchev–Trinajstić information content (AvgIpc) is 2.62. The molecule has 2 N–H and O–H groups in total. The summed E-state index contributed by atoms with van der Waals surface area (Å²) < 4.78 is 1.97. The zero-order chi connectivity index (χ0) is 13.3. The Kier molecular flexibility index (Phi) is 3.39. The third kappa shape index (κ3) is 1.99. The van der Waals surface area contributed by atoms with Crippen molar-refractivity contribution in [3.05, 3.63) is 35.0 Å². The lowest BCUT2D eigenvalue weighted by atomic mass is 10.1. The van der Waals surface area contributed by atoms with Crippen LogP contribution in [0.5, 0.6) is 0 Å². The van der Waals surface area contributed by atoms with Gasteiger partial charge in [0.15, 0.2) is 0 Å². The monoisotopic (exact) mass is 247 g/mol. The van der Waals surface area contributed by atoms with Crippen LogP contribution in [0.25, 0.3) is 10.9 Å². The molecule has 0 saturated heterocycles. The van der Waals surface area contributed by atoms with Crippen molar-refractivity contribution >= 4 is 16.9 Å². The molecule has 0 fully saturated rings. The Hall–Kier alpha value is -1.81. The molecule has 0 saturated carbocycles. The summed E-state index contributed by atoms with van der Waals surface area (Å²) in [6.45, 7) is 4.50. The first-order chi connectivity index (χ1) is 8.56. The van der Waals surface area contributed by atoms with Crippen molar-refractivity contribution in [3.8, 4) is 0 Å². The van der Waals surface area contributed by atoms with E-state index in [1.165, 1.54) is 0 Å². The number of carbonyl (C=O) groups is 1. The van der Waals surface area contributed by atoms with E-state index in [1.54, 1.807) is 0 Å². The molecule has 4 nitrogen and oxygen atoms in total. The number of fused-ring (bicyclic) bond motifs is 1. The molecule has 0 bridgehead atoms. The number of aliphatic hydroxyl groups is 1. The van der Waals surface area contributed by atoms with E-state index in [0.717, 1.165) is 22.2 Å². The minimum atomic E-state index is -0.901. The quantitative estimate of drug-likeness (QED) is 0.871. The molecule has 0 spiro atoms. The van der Waals surface area contributed by atoms with E-state index in [9.17, 15) is 9.90 Å². The van der Waals surface area contributed by atoms with Crippen LogP contribution < -0.4 is 0 Å². The van der Waals surface area contributed by atoms with Gasteiger partial charge in [-0.3, -0.25) is 0 Å². The Labute approximate surface area is 105 Å². The van der Waals surface area contributed by atoms with Gasteiger partial charge < -0.3 is 14.8 Å². The summed E-state index contributed by atoms with van der Waals surface area (Å²) in [5.41, 5.74) is 2.90. The van der Waals surface area contributed by atoms with E-state index < -0.39 is 5.97 Å². The summed E-state index contributed by atoms with van der Waals surface area (Å²) in [6.07, 6.45) is 0.623. The Morgan fingerprint density at radius 3 is 2.67 bits per heavy atom. The second-order valence-corrected chi connectivity index (χ2v) is 4.51. The van der Waals surface area contributed by atoms with Gasteiger partial charge in [-0.15, -0.1) is 0 Å². The zero-order valence-corrected chi connectivity index (χ0v) is 10.6. The SMILES string of the molecule is Cc1ccc2cc(C)n(CCCO)c2c1C(=O)O. The maximum Gasteiger partial charge on any atom is 0.338 e. The fourth-order valence-electron chi connectivity index (χ4n) is 2.38. The minimum Gasteiger partial charge on any atom is -0.478 e. The Bertz CT molecular complexity index is 599. The number of aliphatic hydroxyl groups excluding tert-OH is 1. The number of rotatable bonds is 4. The number of carboxylic acids is 1. The van der Waals surface area contributed by atoms with Crippen LogP contribution in [0.4, 0.5) is 0 Å². The normalized spacial score (nSPS) is 11.1. The summed E-state index contributed by atoms with van der Waals surface area (Å²) in [4.78, 5) is 11.4. The van der Waals surface area contributed by atoms with Crippen LogP contribution in [0.2, 0.25) is 0 Å². The van der Waals surface area contributed by atoms with Gasteiger partial charge in [0.25, 0.3) is 0 Å². The topological polar surface area (TPSA) is 62.5 Å². The lowest BCUT2D eigenvalue weighted by Gasteiger charge is -2.10. The Morgan fingerprint density at radius 2 is 2.06 bits per heavy atom. The van der Waals surface area contributed by atoms with Crippen molar-refractivity contribution in [2.24, 2.45) is 0 Å². The molecule has 0 aliphatic rings. The predicted molar refractivity (Wildman–Crippen MR) is 70.1 cm³/mol. The van der Waals surface area contributed by atoms with Gasteiger partial charge in [0.05, 0.1) is 11.1 Å². The Balaban J connectivity index is 2.72. The molecular formula is C14H17NO3. The predicted octanol–water partition coefficient (Wildman–Crippen LogP) is 2.34. The lowest BCUT2D eigenvalue weighted by Crippen LogP contribution is -2.08. The summed E-state index contributed by atoms with van der Waals surface area (Å²) in [5, 5.41) is 19.2. The van der Waals surface area contributed by atoms with Gasteiger partial charge in [-0.05, 0) is 31.9 Å². The van der Waals surface area contributed by atoms with Crippen molar-refractivity contribution in [1.82, 2.24) is 4.57 Å². The second kappa shape index (κ2) is 4.82. The van der Waals surface area contributed by atoms with Gasteiger partial charge in [-0.1, -0.05) is 12.1 Å². The summed E-state index contributed by atoms with van der Waals surface area (Å²) in [6, 6.07) is 5.76. The van der Waals surface area contributed by atoms with Crippen molar-refractivity contribution < 1.29 is 15.0 Å². The fraction of sp³-hybridized carbons (Fsp3) is 0.357. The number of benzene rings is 1. The molecule has 2 rings (SSSR count). The van der Waals surface area contributed by atoms with Crippen molar-refractivity contribution in [2.75, 3.05) is 6.61 Å². The summed E-state index contributed by atoms with van der Waals surface area (Å²) >= 11 is 0. The van der Waals surface area contributed by atoms with Gasteiger partial charge in [0.1, 0.15) is 0 Å². The maximum atomic E-state index is 11.4. The fourth-order valence-corrected chi connectivity index (χ4v) is 2.38. The first-order valence-corrected chi connectivity index (χ1v) is 6.00. The average molecular weight is 247 g/mol. The molecule has 18 heavy (non-hydrogen) atoms. The summed E-state index contributed by atoms with van der Waals surface area (Å²) in [5.74, 6) is -0.901. The number of aromatic carboxylic acids is 1. The molecular weight excluding hydrogens is 230 g/mol. The van der Waals surface area contributed by atoms with E-state index >= 15 is 0 Å². The smallest absolute Gasteiger partial charge is 0.338 e. The van der Waals surface area contributed by atoms with Gasteiger partial charge in [0.2, 0.25) is 0 Å². The molecule has 0 unspecified atom stereocenters. The van der Waals surface area contributed by atoms with Gasteiger partial charge in [0, 0.05) is 24.2 Å². The van der Waals surface area contributed by atoms with Crippen molar-refractivity contribution in [2.45, 2.75) is 26.8 Å². The first-order valence-electron chi connectivity index (χ1n) is 6.00. The highest BCUT2D eigenvalue weighted by Crippen LogP contribution is 2.26. The first kappa shape index (κ1) is 12.6. The third-order valence-electron chi connectivity index (χ3n) is 3.23. The molecule has 1 heterocycles. The van der Waals surface area contributed by atoms with Crippen LogP contribution in [0.15, 0.2) is 18.2 Å². The highest BCUT2D eigenvalue weighted by atomic mass is 16.4. The minimum absolute atomic E-state index is 0.104. The van der Waals surface area contributed by atoms with Gasteiger partial charge >= 0.3 is 5.97 Å². The molecule has 4 heteroatoms. The van der Waals surface area contributed by atoms with Gasteiger partial charge in [-0.2, -0.15) is 0 Å². The van der Waals surface area contributed by atoms with E-state index in [0.29, 0.717) is 18.5 Å². The number of nitrogens with zero attached hydrogens (tertiary/aromatic N) is 1. The van der Waals surface area contributed by atoms with Crippen LogP contribution in [0.1, 0.15) is 28.0 Å². The van der Waals surface area contributed by atoms with Crippen molar-refractivity contribution in [1.29, 1.82) is 0 Å². The molecule has 1 aromatic heterocycles. The number of hydrogen-bond donors (Lipinski definition) is 2. The van der Waals surface area contributed by atoms with E-state index in [1.807, 2.05) is 36.6 Å². The third-order valence-corrected chi connectivity index (χ3v) is 3.23. The molecule has 0 aliphatic carbocycles. The number of aromatic nitrogens is 1. The van der Waals surface area contributed by atoms with E-state index in [-0.39, 0.29) is 6.61 Å². The van der Waals surface area contributed by atoms with E-state index in [4.69, 9.17) is 5.11 Å². The van der Waals surface area contributed by atoms with Crippen LogP contribution in [0.3, 0.4) is 0 Å². The lowest BCUT2D eigenvalue weighted by molar-refractivity contribution is 0.0698. The van der Waals surface area contributed by atoms with Crippen LogP contribution >= 0.6 is 0 Å². The molecule has 0 radical (unpaired) electrons. The highest BCUT2D eigenvalue weighted by Gasteiger charge is 2.16. The molecule has 2 aromatic rings. The largest absolute Gasteiger partial charge is 0.478 e. The van der Waals surface area contributed by atoms with Crippen LogP contribution in [0, 0.1) is 13.8 Å². The molecule has 0 atom stereocenters. The molecule has 0 amide bonds. The maximum absolute atomic E-state index is 11.4. The van der Waals surface area contributed by atoms with Crippen LogP contribution in [-0.2, 0) is 6.54 Å². The second-order valence-electron chi connectivity index (χ2n) is 4.51. The van der Waals surface area contributed by atoms with Crippen LogP contribution in [-0.4, -0.2) is 27.4 Å². The zero-order valence-electron chi connectivity index (χ0n) is 10.6. The molecule has 1 aromatic carbocycles. The molecule has 0 aliphatic heterocycles. The number of hydrogen-bond acceptors (Lipinski definition) is 2. The Morgan fingerprint density at radius 1 is 1.33 bits per heavy atom. The summed E-state index contributed by atoms with van der Waals surface area (Å²) in [7, 11) is 0. The van der Waals surface area contributed by atoms with E-state index in [2.05, 4.69) is 0 Å². The standard InChI is InChI=1S/C14H17NO3/c1-9-4-5-11-8-10(2)15(6-3-7-16)13(11)12(9)14(17)18/h4-5,8,16H,3,6-7H2,1-2H3,(H,17,18). The number of aryl methyl sites for hydroxylation is 3. The number of carboxylic acid groups (broad SMARTS) is 1. The van der Waals surface area contributed by atoms with Crippen molar-refractivity contribution in [3.63, 3.8) is 0 Å². The van der Waals surface area contributed by atoms with Gasteiger partial charge in [-0.25, -0.2) is 4.79 Å².